The Morgan fingerprint density at radius 1 is 1.20 bits per heavy atom. The van der Waals surface area contributed by atoms with Gasteiger partial charge < -0.3 is 19.5 Å². The predicted molar refractivity (Wildman–Crippen MR) is 115 cm³/mol. The van der Waals surface area contributed by atoms with E-state index >= 15 is 0 Å². The van der Waals surface area contributed by atoms with Crippen molar-refractivity contribution < 1.29 is 33.9 Å². The van der Waals surface area contributed by atoms with E-state index in [-0.39, 0.29) is 16.3 Å². The summed E-state index contributed by atoms with van der Waals surface area (Å²) in [5.74, 6) is -2.35. The molecule has 1 saturated carbocycles. The van der Waals surface area contributed by atoms with Crippen molar-refractivity contribution in [2.24, 2.45) is 11.8 Å². The van der Waals surface area contributed by atoms with Gasteiger partial charge in [0.25, 0.3) is 0 Å². The second kappa shape index (κ2) is 8.82. The van der Waals surface area contributed by atoms with Gasteiger partial charge in [0.05, 0.1) is 24.9 Å². The summed E-state index contributed by atoms with van der Waals surface area (Å²) in [6, 6.07) is 9.82. The first-order chi connectivity index (χ1) is 14.4. The summed E-state index contributed by atoms with van der Waals surface area (Å²) in [7, 11) is 0. The maximum atomic E-state index is 13.4. The van der Waals surface area contributed by atoms with E-state index in [2.05, 4.69) is 5.32 Å². The molecule has 0 amide bonds. The number of halogens is 1. The number of fused-ring (bicyclic) bond motifs is 2. The van der Waals surface area contributed by atoms with Crippen molar-refractivity contribution in [3.8, 4) is 0 Å². The van der Waals surface area contributed by atoms with Crippen LogP contribution >= 0.6 is 22.6 Å². The van der Waals surface area contributed by atoms with Gasteiger partial charge in [0.1, 0.15) is 21.7 Å². The fourth-order valence-corrected chi connectivity index (χ4v) is 4.93. The Morgan fingerprint density at radius 3 is 2.57 bits per heavy atom. The van der Waals surface area contributed by atoms with E-state index in [4.69, 9.17) is 14.2 Å². The minimum atomic E-state index is -0.685. The molecule has 1 aromatic carbocycles. The first-order valence-electron chi connectivity index (χ1n) is 10.5. The lowest BCUT2D eigenvalue weighted by Crippen LogP contribution is -2.87. The van der Waals surface area contributed by atoms with E-state index in [1.807, 2.05) is 52.9 Å². The third-order valence-electron chi connectivity index (χ3n) is 6.44. The van der Waals surface area contributed by atoms with Gasteiger partial charge in [-0.1, -0.05) is 52.9 Å². The van der Waals surface area contributed by atoms with Crippen molar-refractivity contribution in [3.63, 3.8) is 0 Å². The van der Waals surface area contributed by atoms with E-state index in [1.165, 1.54) is 0 Å². The van der Waals surface area contributed by atoms with Crippen molar-refractivity contribution in [1.29, 1.82) is 0 Å². The molecule has 0 aromatic heterocycles. The molecule has 2 N–H and O–H groups in total. The van der Waals surface area contributed by atoms with Crippen LogP contribution < -0.4 is 5.32 Å². The van der Waals surface area contributed by atoms with Crippen LogP contribution in [-0.4, -0.2) is 47.1 Å². The molecule has 5 atom stereocenters. The zero-order valence-electron chi connectivity index (χ0n) is 16.9. The van der Waals surface area contributed by atoms with Gasteiger partial charge in [-0.25, -0.2) is 0 Å². The number of hydrogen-bond donors (Lipinski definition) is 1. The molecule has 4 rings (SSSR count). The summed E-state index contributed by atoms with van der Waals surface area (Å²) >= 11 is 1.98. The number of carbonyl (C=O) groups is 3. The number of benzene rings is 1. The maximum absolute atomic E-state index is 13.4. The molecular formula is C22H27INO6+. The Bertz CT molecular complexity index is 807. The molecule has 1 aliphatic carbocycles. The van der Waals surface area contributed by atoms with Crippen LogP contribution in [0.2, 0.25) is 0 Å². The Labute approximate surface area is 189 Å². The van der Waals surface area contributed by atoms with Crippen molar-refractivity contribution in [3.05, 3.63) is 35.9 Å². The lowest BCUT2D eigenvalue weighted by Gasteiger charge is -2.38. The molecule has 3 fully saturated rings. The van der Waals surface area contributed by atoms with Gasteiger partial charge in [-0.15, -0.1) is 0 Å². The highest BCUT2D eigenvalue weighted by atomic mass is 127. The lowest BCUT2D eigenvalue weighted by atomic mass is 9.78. The summed E-state index contributed by atoms with van der Waals surface area (Å²) in [6.45, 7) is 3.48. The molecule has 8 heteroatoms. The van der Waals surface area contributed by atoms with Crippen molar-refractivity contribution >= 4 is 40.5 Å². The number of hydrogen-bond acceptors (Lipinski definition) is 6. The smallest absolute Gasteiger partial charge is 0.319 e. The molecule has 2 aliphatic heterocycles. The maximum Gasteiger partial charge on any atom is 0.319 e. The van der Waals surface area contributed by atoms with E-state index in [0.717, 1.165) is 31.5 Å². The van der Waals surface area contributed by atoms with Crippen LogP contribution in [-0.2, 0) is 34.2 Å². The number of alkyl halides is 1. The Kier molecular flexibility index (Phi) is 6.34. The molecule has 30 heavy (non-hydrogen) atoms. The molecule has 2 heterocycles. The van der Waals surface area contributed by atoms with Crippen LogP contribution in [0, 0.1) is 11.8 Å². The zero-order valence-corrected chi connectivity index (χ0v) is 19.1. The van der Waals surface area contributed by atoms with E-state index in [9.17, 15) is 14.4 Å². The number of esters is 3. The van der Waals surface area contributed by atoms with Gasteiger partial charge in [0, 0.05) is 25.7 Å². The number of nitrogens with two attached hydrogens (primary N) is 1. The summed E-state index contributed by atoms with van der Waals surface area (Å²) in [4.78, 5) is 37.9. The average Bonchev–Trinajstić information content (AvgIpc) is 3.07. The third-order valence-corrected chi connectivity index (χ3v) is 6.95. The number of ether oxygens (including phenoxy) is 3. The van der Waals surface area contributed by atoms with Crippen LogP contribution in [0.3, 0.4) is 0 Å². The SMILES string of the molecule is CC(I)C(=O)OC1CC(C(=O)OC2(c3ccccc3)CC[NH2+]CC2)C2CC1OC2=O. The third kappa shape index (κ3) is 4.21. The predicted octanol–water partition coefficient (Wildman–Crippen LogP) is 1.47. The minimum absolute atomic E-state index is 0.256. The molecule has 1 aromatic rings. The molecule has 2 saturated heterocycles. The zero-order chi connectivity index (χ0) is 21.3. The standard InChI is InChI=1S/C22H26INO6/c1-13(23)19(25)28-17-12-16(15-11-18(17)29-20(15)26)21(27)30-22(7-9-24-10-8-22)14-5-3-2-4-6-14/h2-6,13,15-18,24H,7-12H2,1H3/p+1. The van der Waals surface area contributed by atoms with Gasteiger partial charge in [-0.3, -0.25) is 14.4 Å². The average molecular weight is 528 g/mol. The second-order valence-corrected chi connectivity index (χ2v) is 10.3. The number of quaternary nitrogens is 1. The quantitative estimate of drug-likeness (QED) is 0.269. The second-order valence-electron chi connectivity index (χ2n) is 8.40. The van der Waals surface area contributed by atoms with Crippen molar-refractivity contribution in [2.45, 2.75) is 54.3 Å². The molecule has 162 valence electrons. The Hall–Kier alpha value is -1.68. The van der Waals surface area contributed by atoms with Crippen molar-refractivity contribution in [1.82, 2.24) is 0 Å². The number of carbonyl (C=O) groups excluding carboxylic acids is 3. The summed E-state index contributed by atoms with van der Waals surface area (Å²) < 4.78 is 16.9. The van der Waals surface area contributed by atoms with Crippen LogP contribution in [0.1, 0.15) is 38.2 Å². The molecule has 5 unspecified atom stereocenters. The van der Waals surface area contributed by atoms with Crippen LogP contribution in [0.4, 0.5) is 0 Å². The lowest BCUT2D eigenvalue weighted by molar-refractivity contribution is -0.668. The summed E-state index contributed by atoms with van der Waals surface area (Å²) in [5.41, 5.74) is 0.297. The Morgan fingerprint density at radius 2 is 1.90 bits per heavy atom. The van der Waals surface area contributed by atoms with E-state index in [1.54, 1.807) is 6.92 Å². The van der Waals surface area contributed by atoms with Gasteiger partial charge in [0.2, 0.25) is 0 Å². The highest BCUT2D eigenvalue weighted by Crippen LogP contribution is 2.43. The van der Waals surface area contributed by atoms with Crippen LogP contribution in [0.5, 0.6) is 0 Å². The molecule has 0 radical (unpaired) electrons. The first-order valence-corrected chi connectivity index (χ1v) is 11.8. The summed E-state index contributed by atoms with van der Waals surface area (Å²) in [6.07, 6.45) is 1.00. The molecule has 3 aliphatic rings. The highest BCUT2D eigenvalue weighted by molar-refractivity contribution is 14.1. The molecular weight excluding hydrogens is 501 g/mol. The van der Waals surface area contributed by atoms with Gasteiger partial charge in [-0.05, 0) is 12.5 Å². The Balaban J connectivity index is 1.55. The fraction of sp³-hybridized carbons (Fsp3) is 0.591. The number of piperidine rings is 1. The minimum Gasteiger partial charge on any atom is -0.458 e. The highest BCUT2D eigenvalue weighted by Gasteiger charge is 2.54. The monoisotopic (exact) mass is 528 g/mol. The molecule has 7 nitrogen and oxygen atoms in total. The largest absolute Gasteiger partial charge is 0.458 e. The van der Waals surface area contributed by atoms with E-state index in [0.29, 0.717) is 6.42 Å². The van der Waals surface area contributed by atoms with Gasteiger partial charge >= 0.3 is 17.9 Å². The molecule has 0 spiro atoms. The molecule has 2 bridgehead atoms. The summed E-state index contributed by atoms with van der Waals surface area (Å²) in [5, 5.41) is 2.22. The van der Waals surface area contributed by atoms with Crippen molar-refractivity contribution in [2.75, 3.05) is 13.1 Å². The van der Waals surface area contributed by atoms with Crippen LogP contribution in [0.15, 0.2) is 30.3 Å². The fourth-order valence-electron chi connectivity index (χ4n) is 4.78. The van der Waals surface area contributed by atoms with Gasteiger partial charge in [-0.2, -0.15) is 0 Å². The normalized spacial score (nSPS) is 30.8. The van der Waals surface area contributed by atoms with Crippen LogP contribution in [0.25, 0.3) is 0 Å². The first kappa shape index (κ1) is 21.5. The van der Waals surface area contributed by atoms with Gasteiger partial charge in [0.15, 0.2) is 0 Å². The number of rotatable bonds is 5. The topological polar surface area (TPSA) is 95.5 Å². The van der Waals surface area contributed by atoms with E-state index < -0.39 is 41.6 Å².